The SMILES string of the molecule is CCOC1(N)C=CC=CC1c1cccc(N)c1. The van der Waals surface area contributed by atoms with Gasteiger partial charge in [0.15, 0.2) is 0 Å². The maximum absolute atomic E-state index is 6.29. The van der Waals surface area contributed by atoms with Gasteiger partial charge in [0.05, 0.1) is 0 Å². The molecule has 1 aromatic rings. The van der Waals surface area contributed by atoms with Gasteiger partial charge < -0.3 is 10.5 Å². The lowest BCUT2D eigenvalue weighted by atomic mass is 9.85. The van der Waals surface area contributed by atoms with Crippen LogP contribution in [0.3, 0.4) is 0 Å². The van der Waals surface area contributed by atoms with Crippen molar-refractivity contribution in [2.24, 2.45) is 5.73 Å². The maximum atomic E-state index is 6.29. The quantitative estimate of drug-likeness (QED) is 0.618. The van der Waals surface area contributed by atoms with Gasteiger partial charge in [0.1, 0.15) is 5.72 Å². The molecule has 0 fully saturated rings. The van der Waals surface area contributed by atoms with E-state index in [1.54, 1.807) is 0 Å². The summed E-state index contributed by atoms with van der Waals surface area (Å²) >= 11 is 0. The number of hydrogen-bond donors (Lipinski definition) is 2. The molecule has 0 aliphatic heterocycles. The second kappa shape index (κ2) is 4.73. The van der Waals surface area contributed by atoms with E-state index in [4.69, 9.17) is 16.2 Å². The zero-order valence-electron chi connectivity index (χ0n) is 9.97. The van der Waals surface area contributed by atoms with Gasteiger partial charge in [-0.05, 0) is 30.7 Å². The standard InChI is InChI=1S/C14H18N2O/c1-2-17-14(16)9-4-3-8-13(14)11-6-5-7-12(15)10-11/h3-10,13H,2,15-16H2,1H3. The molecule has 0 aromatic heterocycles. The van der Waals surface area contributed by atoms with Crippen LogP contribution in [0, 0.1) is 0 Å². The van der Waals surface area contributed by atoms with Gasteiger partial charge in [0.2, 0.25) is 0 Å². The summed E-state index contributed by atoms with van der Waals surface area (Å²) in [6.45, 7) is 2.52. The molecule has 0 saturated carbocycles. The minimum absolute atomic E-state index is 0.00375. The van der Waals surface area contributed by atoms with Crippen molar-refractivity contribution < 1.29 is 4.74 Å². The first-order chi connectivity index (χ1) is 8.15. The fraction of sp³-hybridized carbons (Fsp3) is 0.286. The van der Waals surface area contributed by atoms with E-state index in [2.05, 4.69) is 0 Å². The summed E-state index contributed by atoms with van der Waals surface area (Å²) in [6, 6.07) is 7.76. The number of ether oxygens (including phenoxy) is 1. The Morgan fingerprint density at radius 2 is 2.18 bits per heavy atom. The Balaban J connectivity index is 2.36. The van der Waals surface area contributed by atoms with Gasteiger partial charge >= 0.3 is 0 Å². The zero-order chi connectivity index (χ0) is 12.3. The van der Waals surface area contributed by atoms with Gasteiger partial charge in [-0.3, -0.25) is 5.73 Å². The molecule has 2 rings (SSSR count). The van der Waals surface area contributed by atoms with Crippen LogP contribution in [-0.4, -0.2) is 12.3 Å². The summed E-state index contributed by atoms with van der Waals surface area (Å²) < 4.78 is 5.68. The molecule has 0 heterocycles. The average Bonchev–Trinajstić information content (AvgIpc) is 2.29. The average molecular weight is 230 g/mol. The molecule has 3 nitrogen and oxygen atoms in total. The number of nitrogen functional groups attached to an aromatic ring is 1. The third-order valence-corrected chi connectivity index (χ3v) is 2.92. The Morgan fingerprint density at radius 1 is 1.35 bits per heavy atom. The molecule has 1 aromatic carbocycles. The molecule has 0 amide bonds. The first kappa shape index (κ1) is 11.9. The summed E-state index contributed by atoms with van der Waals surface area (Å²) in [4.78, 5) is 0. The van der Waals surface area contributed by atoms with E-state index < -0.39 is 5.72 Å². The fourth-order valence-electron chi connectivity index (χ4n) is 2.15. The van der Waals surface area contributed by atoms with E-state index >= 15 is 0 Å². The Morgan fingerprint density at radius 3 is 2.88 bits per heavy atom. The number of hydrogen-bond acceptors (Lipinski definition) is 3. The third kappa shape index (κ3) is 2.40. The lowest BCUT2D eigenvalue weighted by Crippen LogP contribution is -2.46. The predicted molar refractivity (Wildman–Crippen MR) is 70.4 cm³/mol. The van der Waals surface area contributed by atoms with Gasteiger partial charge in [0, 0.05) is 18.2 Å². The molecule has 4 N–H and O–H groups in total. The Hall–Kier alpha value is -1.58. The third-order valence-electron chi connectivity index (χ3n) is 2.92. The Kier molecular flexibility index (Phi) is 3.31. The predicted octanol–water partition coefficient (Wildman–Crippen LogP) is 2.17. The number of allylic oxidation sites excluding steroid dienone is 2. The van der Waals surface area contributed by atoms with Crippen LogP contribution in [0.4, 0.5) is 5.69 Å². The Bertz CT molecular complexity index is 453. The summed E-state index contributed by atoms with van der Waals surface area (Å²) in [6.07, 6.45) is 7.84. The minimum Gasteiger partial charge on any atom is -0.399 e. The molecule has 90 valence electrons. The summed E-state index contributed by atoms with van der Waals surface area (Å²) in [7, 11) is 0. The molecule has 3 heteroatoms. The number of benzene rings is 1. The van der Waals surface area contributed by atoms with E-state index in [-0.39, 0.29) is 5.92 Å². The molecule has 2 atom stereocenters. The van der Waals surface area contributed by atoms with Crippen LogP contribution >= 0.6 is 0 Å². The maximum Gasteiger partial charge on any atom is 0.146 e. The first-order valence-electron chi connectivity index (χ1n) is 5.80. The van der Waals surface area contributed by atoms with Gasteiger partial charge in [-0.25, -0.2) is 0 Å². The van der Waals surface area contributed by atoms with E-state index in [1.807, 2.05) is 55.5 Å². The van der Waals surface area contributed by atoms with Crippen molar-refractivity contribution in [3.05, 3.63) is 54.1 Å². The summed E-state index contributed by atoms with van der Waals surface area (Å²) in [5, 5.41) is 0. The van der Waals surface area contributed by atoms with Gasteiger partial charge in [0.25, 0.3) is 0 Å². The molecule has 0 saturated heterocycles. The summed E-state index contributed by atoms with van der Waals surface area (Å²) in [5.74, 6) is -0.00375. The molecule has 0 spiro atoms. The number of nitrogens with two attached hydrogens (primary N) is 2. The van der Waals surface area contributed by atoms with Crippen LogP contribution in [0.1, 0.15) is 18.4 Å². The molecule has 0 radical (unpaired) electrons. The highest BCUT2D eigenvalue weighted by atomic mass is 16.5. The van der Waals surface area contributed by atoms with Crippen molar-refractivity contribution in [3.63, 3.8) is 0 Å². The van der Waals surface area contributed by atoms with Crippen molar-refractivity contribution in [2.75, 3.05) is 12.3 Å². The van der Waals surface area contributed by atoms with Crippen LogP contribution in [0.5, 0.6) is 0 Å². The van der Waals surface area contributed by atoms with Crippen molar-refractivity contribution in [3.8, 4) is 0 Å². The highest BCUT2D eigenvalue weighted by Gasteiger charge is 2.34. The minimum atomic E-state index is -0.780. The number of rotatable bonds is 3. The van der Waals surface area contributed by atoms with Crippen LogP contribution < -0.4 is 11.5 Å². The van der Waals surface area contributed by atoms with E-state index in [0.717, 1.165) is 11.3 Å². The zero-order valence-corrected chi connectivity index (χ0v) is 9.97. The molecular formula is C14H18N2O. The van der Waals surface area contributed by atoms with Crippen molar-refractivity contribution in [1.29, 1.82) is 0 Å². The molecule has 0 bridgehead atoms. The smallest absolute Gasteiger partial charge is 0.146 e. The molecule has 1 aliphatic rings. The first-order valence-corrected chi connectivity index (χ1v) is 5.80. The normalized spacial score (nSPS) is 27.3. The van der Waals surface area contributed by atoms with Crippen LogP contribution in [0.15, 0.2) is 48.6 Å². The van der Waals surface area contributed by atoms with Gasteiger partial charge in [-0.15, -0.1) is 0 Å². The molecule has 2 unspecified atom stereocenters. The highest BCUT2D eigenvalue weighted by Crippen LogP contribution is 2.33. The molecular weight excluding hydrogens is 212 g/mol. The Labute approximate surface area is 102 Å². The monoisotopic (exact) mass is 230 g/mol. The van der Waals surface area contributed by atoms with Gasteiger partial charge in [-0.2, -0.15) is 0 Å². The second-order valence-electron chi connectivity index (χ2n) is 4.18. The highest BCUT2D eigenvalue weighted by molar-refractivity contribution is 5.45. The van der Waals surface area contributed by atoms with Crippen LogP contribution in [0.2, 0.25) is 0 Å². The van der Waals surface area contributed by atoms with Crippen molar-refractivity contribution in [1.82, 2.24) is 0 Å². The lowest BCUT2D eigenvalue weighted by molar-refractivity contribution is -0.00761. The second-order valence-corrected chi connectivity index (χ2v) is 4.18. The van der Waals surface area contributed by atoms with Crippen molar-refractivity contribution in [2.45, 2.75) is 18.6 Å². The van der Waals surface area contributed by atoms with E-state index in [0.29, 0.717) is 6.61 Å². The molecule has 17 heavy (non-hydrogen) atoms. The van der Waals surface area contributed by atoms with Gasteiger partial charge in [-0.1, -0.05) is 30.4 Å². The topological polar surface area (TPSA) is 61.3 Å². The van der Waals surface area contributed by atoms with E-state index in [1.165, 1.54) is 0 Å². The van der Waals surface area contributed by atoms with Crippen LogP contribution in [-0.2, 0) is 4.74 Å². The fourth-order valence-corrected chi connectivity index (χ4v) is 2.15. The summed E-state index contributed by atoms with van der Waals surface area (Å²) in [5.41, 5.74) is 13.1. The lowest BCUT2D eigenvalue weighted by Gasteiger charge is -2.35. The van der Waals surface area contributed by atoms with E-state index in [9.17, 15) is 0 Å². The van der Waals surface area contributed by atoms with Crippen LogP contribution in [0.25, 0.3) is 0 Å². The van der Waals surface area contributed by atoms with Crippen molar-refractivity contribution >= 4 is 5.69 Å². The molecule has 1 aliphatic carbocycles. The number of anilines is 1. The largest absolute Gasteiger partial charge is 0.399 e.